The predicted octanol–water partition coefficient (Wildman–Crippen LogP) is 1.81. The van der Waals surface area contributed by atoms with Crippen molar-refractivity contribution < 1.29 is 14.6 Å². The molecule has 0 bridgehead atoms. The lowest BCUT2D eigenvalue weighted by Gasteiger charge is -2.39. The highest BCUT2D eigenvalue weighted by Crippen LogP contribution is 2.28. The van der Waals surface area contributed by atoms with Crippen molar-refractivity contribution in [3.63, 3.8) is 0 Å². The molecule has 18 heavy (non-hydrogen) atoms. The molecular formula is C14H27NO3. The van der Waals surface area contributed by atoms with Gasteiger partial charge in [0.2, 0.25) is 0 Å². The summed E-state index contributed by atoms with van der Waals surface area (Å²) in [6.45, 7) is 5.67. The molecule has 0 aromatic heterocycles. The molecule has 1 aliphatic rings. The number of aliphatic hydroxyl groups is 1. The fourth-order valence-corrected chi connectivity index (χ4v) is 2.63. The molecule has 1 fully saturated rings. The third-order valence-electron chi connectivity index (χ3n) is 3.82. The van der Waals surface area contributed by atoms with Crippen LogP contribution in [0, 0.1) is 5.41 Å². The lowest BCUT2D eigenvalue weighted by molar-refractivity contribution is -0.140. The highest BCUT2D eigenvalue weighted by Gasteiger charge is 2.29. The summed E-state index contributed by atoms with van der Waals surface area (Å²) >= 11 is 0. The van der Waals surface area contributed by atoms with Gasteiger partial charge < -0.3 is 14.7 Å². The Labute approximate surface area is 110 Å². The molecular weight excluding hydrogens is 230 g/mol. The first-order chi connectivity index (χ1) is 8.59. The summed E-state index contributed by atoms with van der Waals surface area (Å²) in [5.41, 5.74) is 0.0876. The number of esters is 1. The summed E-state index contributed by atoms with van der Waals surface area (Å²) in [4.78, 5) is 13.4. The molecule has 0 aliphatic carbocycles. The summed E-state index contributed by atoms with van der Waals surface area (Å²) in [6, 6.07) is 0. The minimum atomic E-state index is -0.110. The summed E-state index contributed by atoms with van der Waals surface area (Å²) in [7, 11) is 1.44. The van der Waals surface area contributed by atoms with Gasteiger partial charge in [-0.3, -0.25) is 4.79 Å². The maximum atomic E-state index is 10.9. The van der Waals surface area contributed by atoms with E-state index in [1.807, 2.05) is 0 Å². The minimum absolute atomic E-state index is 0.0876. The molecule has 4 nitrogen and oxygen atoms in total. The first-order valence-electron chi connectivity index (χ1n) is 7.00. The number of aliphatic hydroxyl groups excluding tert-OH is 1. The van der Waals surface area contributed by atoms with Crippen molar-refractivity contribution in [2.24, 2.45) is 5.41 Å². The van der Waals surface area contributed by atoms with Crippen LogP contribution >= 0.6 is 0 Å². The molecule has 1 unspecified atom stereocenters. The zero-order valence-electron chi connectivity index (χ0n) is 11.8. The Bertz CT molecular complexity index is 257. The number of carbonyl (C=O) groups is 1. The van der Waals surface area contributed by atoms with Crippen molar-refractivity contribution in [2.75, 3.05) is 33.4 Å². The van der Waals surface area contributed by atoms with Gasteiger partial charge in [-0.2, -0.15) is 0 Å². The van der Waals surface area contributed by atoms with Crippen LogP contribution in [0.1, 0.15) is 45.4 Å². The number of methoxy groups -OCH3 is 1. The number of rotatable bonds is 7. The van der Waals surface area contributed by atoms with Crippen LogP contribution in [0.25, 0.3) is 0 Å². The molecule has 4 heteroatoms. The zero-order chi connectivity index (χ0) is 13.4. The Morgan fingerprint density at radius 1 is 1.39 bits per heavy atom. The van der Waals surface area contributed by atoms with E-state index in [0.717, 1.165) is 45.3 Å². The van der Waals surface area contributed by atoms with Crippen LogP contribution in [-0.2, 0) is 9.53 Å². The Kier molecular flexibility index (Phi) is 6.65. The van der Waals surface area contributed by atoms with Crippen molar-refractivity contribution in [1.82, 2.24) is 4.90 Å². The molecule has 0 radical (unpaired) electrons. The fourth-order valence-electron chi connectivity index (χ4n) is 2.63. The molecule has 1 rings (SSSR count). The van der Waals surface area contributed by atoms with Crippen LogP contribution in [0.15, 0.2) is 0 Å². The maximum Gasteiger partial charge on any atom is 0.305 e. The van der Waals surface area contributed by atoms with Gasteiger partial charge in [-0.1, -0.05) is 13.3 Å². The molecule has 1 atom stereocenters. The number of carbonyl (C=O) groups excluding carboxylic acids is 1. The SMILES string of the molecule is COC(=O)CCCCCN1CCCC(C)(CO)C1. The van der Waals surface area contributed by atoms with Crippen molar-refractivity contribution in [3.8, 4) is 0 Å². The van der Waals surface area contributed by atoms with Crippen LogP contribution in [0.2, 0.25) is 0 Å². The van der Waals surface area contributed by atoms with Gasteiger partial charge >= 0.3 is 5.97 Å². The van der Waals surface area contributed by atoms with Gasteiger partial charge in [-0.25, -0.2) is 0 Å². The van der Waals surface area contributed by atoms with Crippen LogP contribution in [0.4, 0.5) is 0 Å². The molecule has 0 saturated carbocycles. The second-order valence-electron chi connectivity index (χ2n) is 5.74. The summed E-state index contributed by atoms with van der Waals surface area (Å²) in [5, 5.41) is 9.39. The Hall–Kier alpha value is -0.610. The largest absolute Gasteiger partial charge is 0.469 e. The van der Waals surface area contributed by atoms with Gasteiger partial charge in [0, 0.05) is 25.0 Å². The Morgan fingerprint density at radius 3 is 2.83 bits per heavy atom. The van der Waals surface area contributed by atoms with E-state index in [4.69, 9.17) is 0 Å². The van der Waals surface area contributed by atoms with Gasteiger partial charge in [0.05, 0.1) is 7.11 Å². The second-order valence-corrected chi connectivity index (χ2v) is 5.74. The van der Waals surface area contributed by atoms with E-state index >= 15 is 0 Å². The number of hydrogen-bond donors (Lipinski definition) is 1. The van der Waals surface area contributed by atoms with Crippen molar-refractivity contribution >= 4 is 5.97 Å². The predicted molar refractivity (Wildman–Crippen MR) is 71.4 cm³/mol. The normalized spacial score (nSPS) is 25.1. The van der Waals surface area contributed by atoms with E-state index < -0.39 is 0 Å². The van der Waals surface area contributed by atoms with E-state index in [9.17, 15) is 9.90 Å². The number of piperidine rings is 1. The van der Waals surface area contributed by atoms with Gasteiger partial charge in [0.1, 0.15) is 0 Å². The molecule has 0 amide bonds. The quantitative estimate of drug-likeness (QED) is 0.558. The number of hydrogen-bond acceptors (Lipinski definition) is 4. The minimum Gasteiger partial charge on any atom is -0.469 e. The van der Waals surface area contributed by atoms with E-state index in [2.05, 4.69) is 16.6 Å². The second kappa shape index (κ2) is 7.74. The molecule has 0 aromatic rings. The van der Waals surface area contributed by atoms with Crippen LogP contribution in [0.3, 0.4) is 0 Å². The Balaban J connectivity index is 2.10. The maximum absolute atomic E-state index is 10.9. The first kappa shape index (κ1) is 15.4. The van der Waals surface area contributed by atoms with Crippen LogP contribution in [-0.4, -0.2) is 49.3 Å². The summed E-state index contributed by atoms with van der Waals surface area (Å²) < 4.78 is 4.61. The molecule has 1 heterocycles. The van der Waals surface area contributed by atoms with E-state index in [1.165, 1.54) is 13.5 Å². The van der Waals surface area contributed by atoms with Crippen molar-refractivity contribution in [3.05, 3.63) is 0 Å². The van der Waals surface area contributed by atoms with E-state index in [0.29, 0.717) is 6.42 Å². The lowest BCUT2D eigenvalue weighted by Crippen LogP contribution is -2.43. The number of unbranched alkanes of at least 4 members (excludes halogenated alkanes) is 2. The molecule has 106 valence electrons. The summed E-state index contributed by atoms with van der Waals surface area (Å²) in [6.07, 6.45) is 5.95. The Morgan fingerprint density at radius 2 is 2.17 bits per heavy atom. The zero-order valence-corrected chi connectivity index (χ0v) is 11.8. The monoisotopic (exact) mass is 257 g/mol. The number of likely N-dealkylation sites (tertiary alicyclic amines) is 1. The highest BCUT2D eigenvalue weighted by atomic mass is 16.5. The van der Waals surface area contributed by atoms with Crippen LogP contribution < -0.4 is 0 Å². The average molecular weight is 257 g/mol. The number of ether oxygens (including phenoxy) is 1. The van der Waals surface area contributed by atoms with Crippen molar-refractivity contribution in [1.29, 1.82) is 0 Å². The van der Waals surface area contributed by atoms with Crippen LogP contribution in [0.5, 0.6) is 0 Å². The third kappa shape index (κ3) is 5.36. The standard InChI is InChI=1S/C14H27NO3/c1-14(12-16)8-6-10-15(11-14)9-5-3-4-7-13(17)18-2/h16H,3-12H2,1-2H3. The molecule has 1 aliphatic heterocycles. The average Bonchev–Trinajstić information content (AvgIpc) is 2.38. The smallest absolute Gasteiger partial charge is 0.305 e. The first-order valence-corrected chi connectivity index (χ1v) is 7.00. The summed E-state index contributed by atoms with van der Waals surface area (Å²) in [5.74, 6) is -0.110. The lowest BCUT2D eigenvalue weighted by atomic mass is 9.83. The van der Waals surface area contributed by atoms with Gasteiger partial charge in [0.15, 0.2) is 0 Å². The van der Waals surface area contributed by atoms with Gasteiger partial charge in [-0.15, -0.1) is 0 Å². The fraction of sp³-hybridized carbons (Fsp3) is 0.929. The highest BCUT2D eigenvalue weighted by molar-refractivity contribution is 5.68. The molecule has 0 spiro atoms. The van der Waals surface area contributed by atoms with Gasteiger partial charge in [0.25, 0.3) is 0 Å². The van der Waals surface area contributed by atoms with E-state index in [-0.39, 0.29) is 18.0 Å². The molecule has 0 aromatic carbocycles. The third-order valence-corrected chi connectivity index (χ3v) is 3.82. The molecule has 1 N–H and O–H groups in total. The molecule has 1 saturated heterocycles. The van der Waals surface area contributed by atoms with Gasteiger partial charge in [-0.05, 0) is 38.8 Å². The van der Waals surface area contributed by atoms with E-state index in [1.54, 1.807) is 0 Å². The van der Waals surface area contributed by atoms with Crippen molar-refractivity contribution in [2.45, 2.75) is 45.4 Å². The topological polar surface area (TPSA) is 49.8 Å². The number of nitrogens with zero attached hydrogens (tertiary/aromatic N) is 1.